The SMILES string of the molecule is CCC(CSC)N(C)c1nc(C)ccc1C(N)=S. The van der Waals surface area contributed by atoms with E-state index >= 15 is 0 Å². The Morgan fingerprint density at radius 1 is 1.56 bits per heavy atom. The first-order valence-electron chi connectivity index (χ1n) is 6.00. The van der Waals surface area contributed by atoms with Gasteiger partial charge in [0.2, 0.25) is 0 Å². The normalized spacial score (nSPS) is 12.2. The number of anilines is 1. The lowest BCUT2D eigenvalue weighted by Gasteiger charge is -2.29. The molecule has 0 aliphatic heterocycles. The molecule has 3 nitrogen and oxygen atoms in total. The summed E-state index contributed by atoms with van der Waals surface area (Å²) in [6, 6.07) is 4.35. The van der Waals surface area contributed by atoms with Crippen LogP contribution in [0, 0.1) is 6.92 Å². The zero-order valence-electron chi connectivity index (χ0n) is 11.4. The predicted molar refractivity (Wildman–Crippen MR) is 85.7 cm³/mol. The molecule has 0 saturated heterocycles. The molecule has 1 heterocycles. The van der Waals surface area contributed by atoms with Gasteiger partial charge in [-0.1, -0.05) is 19.1 Å². The van der Waals surface area contributed by atoms with Gasteiger partial charge in [0.05, 0.1) is 5.56 Å². The molecule has 0 aromatic carbocycles. The van der Waals surface area contributed by atoms with Crippen LogP contribution < -0.4 is 10.6 Å². The van der Waals surface area contributed by atoms with Gasteiger partial charge in [-0.05, 0) is 31.7 Å². The first-order valence-corrected chi connectivity index (χ1v) is 7.80. The van der Waals surface area contributed by atoms with Gasteiger partial charge in [-0.25, -0.2) is 4.98 Å². The quantitative estimate of drug-likeness (QED) is 0.813. The minimum atomic E-state index is 0.406. The molecule has 1 aromatic rings. The maximum atomic E-state index is 5.78. The summed E-state index contributed by atoms with van der Waals surface area (Å²) in [6.07, 6.45) is 3.19. The van der Waals surface area contributed by atoms with Crippen LogP contribution >= 0.6 is 24.0 Å². The molecule has 0 fully saturated rings. The van der Waals surface area contributed by atoms with E-state index < -0.39 is 0 Å². The number of thioether (sulfide) groups is 1. The van der Waals surface area contributed by atoms with Crippen LogP contribution in [0.1, 0.15) is 24.6 Å². The molecule has 5 heteroatoms. The van der Waals surface area contributed by atoms with E-state index in [2.05, 4.69) is 30.1 Å². The van der Waals surface area contributed by atoms with Crippen molar-refractivity contribution in [2.45, 2.75) is 26.3 Å². The van der Waals surface area contributed by atoms with Crippen LogP contribution in [0.5, 0.6) is 0 Å². The summed E-state index contributed by atoms with van der Waals surface area (Å²) in [6.45, 7) is 4.17. The minimum Gasteiger partial charge on any atom is -0.389 e. The molecule has 0 aliphatic rings. The predicted octanol–water partition coefficient (Wildman–Crippen LogP) is 2.60. The Kier molecular flexibility index (Phi) is 5.88. The van der Waals surface area contributed by atoms with Crippen molar-refractivity contribution in [2.24, 2.45) is 5.73 Å². The molecule has 0 aliphatic carbocycles. The number of aromatic nitrogens is 1. The third kappa shape index (κ3) is 3.59. The second kappa shape index (κ2) is 6.95. The summed E-state index contributed by atoms with van der Waals surface area (Å²) in [5, 5.41) is 0. The van der Waals surface area contributed by atoms with Gasteiger partial charge in [0.1, 0.15) is 10.8 Å². The van der Waals surface area contributed by atoms with Crippen LogP contribution in [0.2, 0.25) is 0 Å². The Morgan fingerprint density at radius 3 is 2.72 bits per heavy atom. The molecule has 0 saturated carbocycles. The van der Waals surface area contributed by atoms with Crippen LogP contribution in [-0.4, -0.2) is 35.1 Å². The molecular weight excluding hydrogens is 262 g/mol. The largest absolute Gasteiger partial charge is 0.389 e. The number of pyridine rings is 1. The number of thiocarbonyl (C=S) groups is 1. The third-order valence-electron chi connectivity index (χ3n) is 2.99. The van der Waals surface area contributed by atoms with Crippen LogP contribution in [0.4, 0.5) is 5.82 Å². The Hall–Kier alpha value is -0.810. The minimum absolute atomic E-state index is 0.406. The van der Waals surface area contributed by atoms with E-state index in [1.165, 1.54) is 0 Å². The van der Waals surface area contributed by atoms with Gasteiger partial charge >= 0.3 is 0 Å². The van der Waals surface area contributed by atoms with Crippen molar-refractivity contribution < 1.29 is 0 Å². The van der Waals surface area contributed by atoms with E-state index in [0.29, 0.717) is 11.0 Å². The maximum Gasteiger partial charge on any atom is 0.139 e. The molecule has 1 unspecified atom stereocenters. The molecule has 2 N–H and O–H groups in total. The van der Waals surface area contributed by atoms with Crippen molar-refractivity contribution in [1.29, 1.82) is 0 Å². The van der Waals surface area contributed by atoms with Crippen molar-refractivity contribution in [2.75, 3.05) is 24.0 Å². The molecule has 1 atom stereocenters. The Balaban J connectivity index is 3.13. The third-order valence-corrected chi connectivity index (χ3v) is 3.93. The van der Waals surface area contributed by atoms with E-state index in [1.807, 2.05) is 30.8 Å². The lowest BCUT2D eigenvalue weighted by molar-refractivity contribution is 0.665. The van der Waals surface area contributed by atoms with Gasteiger partial charge < -0.3 is 10.6 Å². The topological polar surface area (TPSA) is 42.2 Å². The molecule has 0 spiro atoms. The highest BCUT2D eigenvalue weighted by Crippen LogP contribution is 2.22. The van der Waals surface area contributed by atoms with Crippen molar-refractivity contribution in [3.8, 4) is 0 Å². The van der Waals surface area contributed by atoms with Crippen molar-refractivity contribution in [3.63, 3.8) is 0 Å². The van der Waals surface area contributed by atoms with E-state index in [-0.39, 0.29) is 0 Å². The van der Waals surface area contributed by atoms with Gasteiger partial charge in [-0.2, -0.15) is 11.8 Å². The molecule has 1 aromatic heterocycles. The fourth-order valence-corrected chi connectivity index (χ4v) is 2.88. The monoisotopic (exact) mass is 283 g/mol. The van der Waals surface area contributed by atoms with Gasteiger partial charge in [0.25, 0.3) is 0 Å². The highest BCUT2D eigenvalue weighted by Gasteiger charge is 2.18. The Labute approximate surface area is 119 Å². The summed E-state index contributed by atoms with van der Waals surface area (Å²) in [7, 11) is 2.06. The maximum absolute atomic E-state index is 5.78. The zero-order chi connectivity index (χ0) is 13.7. The molecule has 0 bridgehead atoms. The van der Waals surface area contributed by atoms with Crippen molar-refractivity contribution in [3.05, 3.63) is 23.4 Å². The number of nitrogens with zero attached hydrogens (tertiary/aromatic N) is 2. The second-order valence-electron chi connectivity index (χ2n) is 4.32. The lowest BCUT2D eigenvalue weighted by Crippen LogP contribution is -2.35. The average Bonchev–Trinajstić information content (AvgIpc) is 2.34. The van der Waals surface area contributed by atoms with Crippen LogP contribution in [0.3, 0.4) is 0 Å². The first kappa shape index (κ1) is 15.2. The van der Waals surface area contributed by atoms with Crippen molar-refractivity contribution >= 4 is 34.8 Å². The van der Waals surface area contributed by atoms with Gasteiger partial charge in [-0.15, -0.1) is 0 Å². The summed E-state index contributed by atoms with van der Waals surface area (Å²) >= 11 is 6.95. The summed E-state index contributed by atoms with van der Waals surface area (Å²) in [5.74, 6) is 1.96. The fourth-order valence-electron chi connectivity index (χ4n) is 1.87. The molecule has 100 valence electrons. The number of hydrogen-bond donors (Lipinski definition) is 1. The Bertz CT molecular complexity index is 421. The van der Waals surface area contributed by atoms with E-state index in [4.69, 9.17) is 18.0 Å². The lowest BCUT2D eigenvalue weighted by atomic mass is 10.1. The van der Waals surface area contributed by atoms with Crippen LogP contribution in [0.15, 0.2) is 12.1 Å². The molecule has 18 heavy (non-hydrogen) atoms. The zero-order valence-corrected chi connectivity index (χ0v) is 13.1. The molecule has 1 rings (SSSR count). The Morgan fingerprint density at radius 2 is 2.22 bits per heavy atom. The van der Waals surface area contributed by atoms with E-state index in [0.717, 1.165) is 29.2 Å². The summed E-state index contributed by atoms with van der Waals surface area (Å²) in [5.41, 5.74) is 7.62. The molecule has 0 radical (unpaired) electrons. The highest BCUT2D eigenvalue weighted by atomic mass is 32.2. The number of aryl methyl sites for hydroxylation is 1. The molecule has 0 amide bonds. The fraction of sp³-hybridized carbons (Fsp3) is 0.538. The molecular formula is C13H21N3S2. The second-order valence-corrected chi connectivity index (χ2v) is 5.67. The average molecular weight is 283 g/mol. The number of nitrogens with two attached hydrogens (primary N) is 1. The van der Waals surface area contributed by atoms with Crippen molar-refractivity contribution in [1.82, 2.24) is 4.98 Å². The van der Waals surface area contributed by atoms with E-state index in [9.17, 15) is 0 Å². The summed E-state index contributed by atoms with van der Waals surface area (Å²) in [4.78, 5) is 7.19. The first-order chi connectivity index (χ1) is 8.51. The van der Waals surface area contributed by atoms with Crippen LogP contribution in [-0.2, 0) is 0 Å². The van der Waals surface area contributed by atoms with Gasteiger partial charge in [0, 0.05) is 24.5 Å². The number of rotatable bonds is 6. The highest BCUT2D eigenvalue weighted by molar-refractivity contribution is 7.98. The van der Waals surface area contributed by atoms with Gasteiger partial charge in [-0.3, -0.25) is 0 Å². The smallest absolute Gasteiger partial charge is 0.139 e. The number of hydrogen-bond acceptors (Lipinski definition) is 4. The van der Waals surface area contributed by atoms with Crippen LogP contribution in [0.25, 0.3) is 0 Å². The standard InChI is InChI=1S/C13H21N3S2/c1-5-10(8-18-4)16(3)13-11(12(14)17)7-6-9(2)15-13/h6-7,10H,5,8H2,1-4H3,(H2,14,17). The van der Waals surface area contributed by atoms with E-state index in [1.54, 1.807) is 0 Å². The summed E-state index contributed by atoms with van der Waals surface area (Å²) < 4.78 is 0. The van der Waals surface area contributed by atoms with Gasteiger partial charge in [0.15, 0.2) is 0 Å².